The maximum absolute atomic E-state index is 9.01. The van der Waals surface area contributed by atoms with Crippen molar-refractivity contribution in [1.29, 1.82) is 0 Å². The van der Waals surface area contributed by atoms with Gasteiger partial charge >= 0.3 is 0 Å². The molecule has 0 amide bonds. The minimum absolute atomic E-state index is 0.293. The molecule has 0 aliphatic carbocycles. The fraction of sp³-hybridized carbons (Fsp3) is 0.700. The van der Waals surface area contributed by atoms with Gasteiger partial charge in [0.2, 0.25) is 0 Å². The average molecular weight is 348 g/mol. The zero-order valence-corrected chi connectivity index (χ0v) is 15.6. The molecule has 1 N–H and O–H groups in total. The zero-order valence-electron chi connectivity index (χ0n) is 15.6. The summed E-state index contributed by atoms with van der Waals surface area (Å²) in [5.74, 6) is 0. The molecule has 0 unspecified atom stereocenters. The third-order valence-electron chi connectivity index (χ3n) is 5.59. The average Bonchev–Trinajstić information content (AvgIpc) is 2.68. The first-order valence-electron chi connectivity index (χ1n) is 9.72. The molecule has 0 saturated carbocycles. The largest absolute Gasteiger partial charge is 0.396 e. The van der Waals surface area contributed by atoms with Gasteiger partial charge in [-0.1, -0.05) is 18.2 Å². The van der Waals surface area contributed by atoms with E-state index in [9.17, 15) is 0 Å². The fourth-order valence-corrected chi connectivity index (χ4v) is 4.02. The van der Waals surface area contributed by atoms with Gasteiger partial charge in [0.05, 0.1) is 13.2 Å². The van der Waals surface area contributed by atoms with Crippen LogP contribution in [-0.4, -0.2) is 80.5 Å². The molecule has 1 aromatic rings. The van der Waals surface area contributed by atoms with Crippen LogP contribution in [0.2, 0.25) is 0 Å². The molecule has 1 aromatic carbocycles. The highest BCUT2D eigenvalue weighted by molar-refractivity contribution is 5.53. The van der Waals surface area contributed by atoms with Crippen LogP contribution in [0.25, 0.3) is 0 Å². The van der Waals surface area contributed by atoms with E-state index in [1.54, 1.807) is 0 Å². The molecule has 0 aromatic heterocycles. The number of rotatable bonds is 7. The van der Waals surface area contributed by atoms with Crippen LogP contribution in [0.15, 0.2) is 24.3 Å². The molecule has 140 valence electrons. The fourth-order valence-electron chi connectivity index (χ4n) is 4.02. The number of anilines is 1. The summed E-state index contributed by atoms with van der Waals surface area (Å²) in [6.07, 6.45) is 3.33. The van der Waals surface area contributed by atoms with E-state index in [4.69, 9.17) is 9.84 Å². The van der Waals surface area contributed by atoms with Crippen molar-refractivity contribution in [3.8, 4) is 0 Å². The summed E-state index contributed by atoms with van der Waals surface area (Å²) >= 11 is 0. The molecule has 2 aliphatic heterocycles. The molecule has 0 atom stereocenters. The van der Waals surface area contributed by atoms with Crippen molar-refractivity contribution in [3.05, 3.63) is 29.8 Å². The number of aliphatic hydroxyl groups excluding tert-OH is 1. The van der Waals surface area contributed by atoms with Crippen LogP contribution in [-0.2, 0) is 11.3 Å². The number of hydrogen-bond donors (Lipinski definition) is 1. The van der Waals surface area contributed by atoms with E-state index in [-0.39, 0.29) is 0 Å². The Morgan fingerprint density at radius 3 is 2.56 bits per heavy atom. The molecule has 0 spiro atoms. The third-order valence-corrected chi connectivity index (χ3v) is 5.59. The van der Waals surface area contributed by atoms with Crippen molar-refractivity contribution >= 4 is 5.69 Å². The van der Waals surface area contributed by atoms with Crippen molar-refractivity contribution in [1.82, 2.24) is 9.80 Å². The van der Waals surface area contributed by atoms with E-state index < -0.39 is 0 Å². The Morgan fingerprint density at radius 2 is 1.84 bits per heavy atom. The minimum Gasteiger partial charge on any atom is -0.396 e. The van der Waals surface area contributed by atoms with Crippen molar-refractivity contribution in [2.24, 2.45) is 0 Å². The first-order chi connectivity index (χ1) is 12.3. The standard InChI is InChI=1S/C20H33N3O2/c1-21(9-4-14-24)19-7-10-22(11-8-19)17-18-5-2-3-6-20(18)23-12-15-25-16-13-23/h2-3,5-6,19,24H,4,7-17H2,1H3. The van der Waals surface area contributed by atoms with Crippen LogP contribution in [0.3, 0.4) is 0 Å². The normalized spacial score (nSPS) is 20.4. The van der Waals surface area contributed by atoms with E-state index in [0.717, 1.165) is 58.9 Å². The maximum Gasteiger partial charge on any atom is 0.0642 e. The Labute approximate surface area is 152 Å². The van der Waals surface area contributed by atoms with Gasteiger partial charge in [0.15, 0.2) is 0 Å². The number of morpholine rings is 1. The van der Waals surface area contributed by atoms with Gasteiger partial charge in [0.25, 0.3) is 0 Å². The van der Waals surface area contributed by atoms with Crippen LogP contribution in [0.1, 0.15) is 24.8 Å². The van der Waals surface area contributed by atoms with Gasteiger partial charge in [0.1, 0.15) is 0 Å². The summed E-state index contributed by atoms with van der Waals surface area (Å²) in [5.41, 5.74) is 2.82. The maximum atomic E-state index is 9.01. The summed E-state index contributed by atoms with van der Waals surface area (Å²) in [6, 6.07) is 9.52. The molecule has 5 nitrogen and oxygen atoms in total. The third kappa shape index (κ3) is 5.17. The zero-order chi connectivity index (χ0) is 17.5. The van der Waals surface area contributed by atoms with Crippen LogP contribution in [0.4, 0.5) is 5.69 Å². The van der Waals surface area contributed by atoms with Gasteiger partial charge < -0.3 is 19.6 Å². The second-order valence-corrected chi connectivity index (χ2v) is 7.29. The summed E-state index contributed by atoms with van der Waals surface area (Å²) in [7, 11) is 2.20. The Bertz CT molecular complexity index is 511. The minimum atomic E-state index is 0.293. The molecule has 0 bridgehead atoms. The molecule has 2 heterocycles. The lowest BCUT2D eigenvalue weighted by Gasteiger charge is -2.37. The molecule has 25 heavy (non-hydrogen) atoms. The summed E-state index contributed by atoms with van der Waals surface area (Å²) in [4.78, 5) is 7.49. The van der Waals surface area contributed by atoms with Crippen LogP contribution in [0.5, 0.6) is 0 Å². The first kappa shape index (κ1) is 18.6. The number of likely N-dealkylation sites (tertiary alicyclic amines) is 1. The number of aliphatic hydroxyl groups is 1. The van der Waals surface area contributed by atoms with Gasteiger partial charge in [-0.25, -0.2) is 0 Å². The number of para-hydroxylation sites is 1. The summed E-state index contributed by atoms with van der Waals surface area (Å²) in [5, 5.41) is 9.01. The molecule has 2 saturated heterocycles. The van der Waals surface area contributed by atoms with Crippen molar-refractivity contribution in [3.63, 3.8) is 0 Å². The van der Waals surface area contributed by atoms with Crippen molar-refractivity contribution in [2.45, 2.75) is 31.8 Å². The predicted octanol–water partition coefficient (Wildman–Crippen LogP) is 1.80. The van der Waals surface area contributed by atoms with Gasteiger partial charge in [-0.05, 0) is 51.0 Å². The van der Waals surface area contributed by atoms with Crippen LogP contribution in [0, 0.1) is 0 Å². The molecule has 3 rings (SSSR count). The van der Waals surface area contributed by atoms with Crippen LogP contribution < -0.4 is 4.90 Å². The molecule has 5 heteroatoms. The van der Waals surface area contributed by atoms with E-state index in [0.29, 0.717) is 12.6 Å². The SMILES string of the molecule is CN(CCCO)C1CCN(Cc2ccccc2N2CCOCC2)CC1. The summed E-state index contributed by atoms with van der Waals surface area (Å²) in [6.45, 7) is 8.31. The van der Waals surface area contributed by atoms with Crippen molar-refractivity contribution in [2.75, 3.05) is 64.5 Å². The number of piperidine rings is 1. The number of nitrogens with zero attached hydrogens (tertiary/aromatic N) is 3. The monoisotopic (exact) mass is 347 g/mol. The van der Waals surface area contributed by atoms with Gasteiger partial charge in [-0.3, -0.25) is 4.90 Å². The van der Waals surface area contributed by atoms with E-state index >= 15 is 0 Å². The van der Waals surface area contributed by atoms with Crippen LogP contribution >= 0.6 is 0 Å². The van der Waals surface area contributed by atoms with Crippen molar-refractivity contribution < 1.29 is 9.84 Å². The highest BCUT2D eigenvalue weighted by Gasteiger charge is 2.23. The second-order valence-electron chi connectivity index (χ2n) is 7.29. The molecular formula is C20H33N3O2. The summed E-state index contributed by atoms with van der Waals surface area (Å²) < 4.78 is 5.50. The lowest BCUT2D eigenvalue weighted by Crippen LogP contribution is -2.43. The molecule has 2 fully saturated rings. The predicted molar refractivity (Wildman–Crippen MR) is 102 cm³/mol. The van der Waals surface area contributed by atoms with Gasteiger partial charge in [0, 0.05) is 44.5 Å². The quantitative estimate of drug-likeness (QED) is 0.814. The molecular weight excluding hydrogens is 314 g/mol. The number of ether oxygens (including phenoxy) is 1. The topological polar surface area (TPSA) is 39.2 Å². The lowest BCUT2D eigenvalue weighted by molar-refractivity contribution is 0.116. The Balaban J connectivity index is 1.54. The van der Waals surface area contributed by atoms with Gasteiger partial charge in [-0.2, -0.15) is 0 Å². The molecule has 0 radical (unpaired) electrons. The van der Waals surface area contributed by atoms with E-state index in [2.05, 4.69) is 46.0 Å². The smallest absolute Gasteiger partial charge is 0.0642 e. The number of hydrogen-bond acceptors (Lipinski definition) is 5. The highest BCUT2D eigenvalue weighted by atomic mass is 16.5. The highest BCUT2D eigenvalue weighted by Crippen LogP contribution is 2.25. The Hall–Kier alpha value is -1.14. The van der Waals surface area contributed by atoms with E-state index in [1.807, 2.05) is 0 Å². The first-order valence-corrected chi connectivity index (χ1v) is 9.72. The Kier molecular flexibility index (Phi) is 7.11. The van der Waals surface area contributed by atoms with E-state index in [1.165, 1.54) is 24.1 Å². The number of benzene rings is 1. The van der Waals surface area contributed by atoms with Gasteiger partial charge in [-0.15, -0.1) is 0 Å². The second kappa shape index (κ2) is 9.53. The molecule has 2 aliphatic rings. The Morgan fingerprint density at radius 1 is 1.12 bits per heavy atom. The lowest BCUT2D eigenvalue weighted by atomic mass is 10.0.